The predicted octanol–water partition coefficient (Wildman–Crippen LogP) is 3.94. The maximum Gasteiger partial charge on any atom is 0.229 e. The number of carbonyl (C=O) groups is 1. The monoisotopic (exact) mass is 542 g/mol. The number of hydrogen-bond donors (Lipinski definition) is 2. The zero-order chi connectivity index (χ0) is 26.7. The average Bonchev–Trinajstić information content (AvgIpc) is 3.34. The number of benzene rings is 1. The molecule has 4 fully saturated rings. The second-order valence-electron chi connectivity index (χ2n) is 12.3. The number of pyridine rings is 1. The standard InChI is InChI=1S/C29H39ClN4O4/c1-28(2)25(22-6-4-5-11-38-22)26(28)27(36)32-24-14-18-13-21(20(30)12-19(18)15-31-24)33-7-9-34(10-8-33)29(3)17-37-16-23(29)35/h12-15,22-23,25-26,35H,4-11,16-17H2,1-3H3,(H,31,32,36)/t22?,23-,25+,26-,29+/m1/s1. The van der Waals surface area contributed by atoms with Crippen molar-refractivity contribution in [3.05, 3.63) is 29.4 Å². The molecule has 3 saturated heterocycles. The van der Waals surface area contributed by atoms with Crippen LogP contribution in [0.25, 0.3) is 10.8 Å². The minimum absolute atomic E-state index is 0.0258. The Morgan fingerprint density at radius 1 is 1.13 bits per heavy atom. The Kier molecular flexibility index (Phi) is 6.84. The number of rotatable bonds is 5. The van der Waals surface area contributed by atoms with Crippen molar-refractivity contribution >= 4 is 39.8 Å². The summed E-state index contributed by atoms with van der Waals surface area (Å²) < 4.78 is 11.6. The molecule has 4 aliphatic rings. The third-order valence-electron chi connectivity index (χ3n) is 9.58. The Balaban J connectivity index is 1.15. The van der Waals surface area contributed by atoms with Gasteiger partial charge in [-0.1, -0.05) is 25.4 Å². The number of aliphatic hydroxyl groups excluding tert-OH is 1. The van der Waals surface area contributed by atoms with Crippen LogP contribution in [0.15, 0.2) is 24.4 Å². The molecule has 0 spiro atoms. The number of hydrogen-bond acceptors (Lipinski definition) is 7. The summed E-state index contributed by atoms with van der Waals surface area (Å²) in [6, 6.07) is 5.99. The van der Waals surface area contributed by atoms with Crippen molar-refractivity contribution in [2.45, 2.75) is 57.8 Å². The highest BCUT2D eigenvalue weighted by Crippen LogP contribution is 2.61. The van der Waals surface area contributed by atoms with Crippen LogP contribution in [-0.4, -0.2) is 84.6 Å². The second-order valence-corrected chi connectivity index (χ2v) is 12.7. The summed E-state index contributed by atoms with van der Waals surface area (Å²) >= 11 is 6.72. The Hall–Kier alpha value is -1.97. The molecule has 1 aliphatic carbocycles. The van der Waals surface area contributed by atoms with Gasteiger partial charge in [-0.15, -0.1) is 0 Å². The number of ether oxygens (including phenoxy) is 2. The van der Waals surface area contributed by atoms with Crippen molar-refractivity contribution in [3.8, 4) is 0 Å². The summed E-state index contributed by atoms with van der Waals surface area (Å²) in [6.45, 7) is 11.4. The van der Waals surface area contributed by atoms with Crippen LogP contribution < -0.4 is 10.2 Å². The van der Waals surface area contributed by atoms with E-state index in [4.69, 9.17) is 21.1 Å². The van der Waals surface area contributed by atoms with Crippen molar-refractivity contribution in [2.24, 2.45) is 17.3 Å². The van der Waals surface area contributed by atoms with Crippen LogP contribution in [0.3, 0.4) is 0 Å². The van der Waals surface area contributed by atoms with Gasteiger partial charge in [0.2, 0.25) is 5.91 Å². The molecule has 2 N–H and O–H groups in total. The first-order valence-corrected chi connectivity index (χ1v) is 14.3. The maximum atomic E-state index is 13.3. The minimum Gasteiger partial charge on any atom is -0.389 e. The first-order valence-electron chi connectivity index (χ1n) is 14.0. The maximum absolute atomic E-state index is 13.3. The molecular formula is C29H39ClN4O4. The van der Waals surface area contributed by atoms with E-state index in [1.54, 1.807) is 6.20 Å². The Labute approximate surface area is 229 Å². The van der Waals surface area contributed by atoms with Crippen molar-refractivity contribution in [2.75, 3.05) is 56.2 Å². The zero-order valence-electron chi connectivity index (χ0n) is 22.6. The molecule has 1 amide bonds. The van der Waals surface area contributed by atoms with Crippen LogP contribution in [0, 0.1) is 17.3 Å². The lowest BCUT2D eigenvalue weighted by Gasteiger charge is -2.45. The number of piperazine rings is 1. The van der Waals surface area contributed by atoms with Gasteiger partial charge in [0.25, 0.3) is 0 Å². The number of aromatic nitrogens is 1. The van der Waals surface area contributed by atoms with Gasteiger partial charge in [-0.3, -0.25) is 9.69 Å². The summed E-state index contributed by atoms with van der Waals surface area (Å²) in [5.41, 5.74) is 0.577. The summed E-state index contributed by atoms with van der Waals surface area (Å²) in [4.78, 5) is 22.4. The van der Waals surface area contributed by atoms with Crippen molar-refractivity contribution in [1.29, 1.82) is 0 Å². The smallest absolute Gasteiger partial charge is 0.229 e. The van der Waals surface area contributed by atoms with E-state index in [1.807, 2.05) is 12.1 Å². The van der Waals surface area contributed by atoms with E-state index >= 15 is 0 Å². The lowest BCUT2D eigenvalue weighted by atomic mass is 9.95. The van der Waals surface area contributed by atoms with Gasteiger partial charge in [0, 0.05) is 56.2 Å². The summed E-state index contributed by atoms with van der Waals surface area (Å²) in [6.07, 6.45) is 4.81. The lowest BCUT2D eigenvalue weighted by molar-refractivity contribution is -0.118. The summed E-state index contributed by atoms with van der Waals surface area (Å²) in [5, 5.41) is 16.1. The molecule has 1 aromatic heterocycles. The van der Waals surface area contributed by atoms with Gasteiger partial charge >= 0.3 is 0 Å². The predicted molar refractivity (Wildman–Crippen MR) is 149 cm³/mol. The number of aliphatic hydroxyl groups is 1. The molecule has 4 heterocycles. The molecule has 2 aromatic rings. The molecule has 38 heavy (non-hydrogen) atoms. The molecule has 1 saturated carbocycles. The van der Waals surface area contributed by atoms with E-state index in [-0.39, 0.29) is 34.8 Å². The van der Waals surface area contributed by atoms with Crippen molar-refractivity contribution < 1.29 is 19.4 Å². The third kappa shape index (κ3) is 4.58. The van der Waals surface area contributed by atoms with Gasteiger partial charge in [-0.05, 0) is 55.2 Å². The molecular weight excluding hydrogens is 504 g/mol. The molecule has 8 nitrogen and oxygen atoms in total. The van der Waals surface area contributed by atoms with E-state index in [9.17, 15) is 9.90 Å². The molecule has 0 bridgehead atoms. The summed E-state index contributed by atoms with van der Waals surface area (Å²) in [5.74, 6) is 0.782. The Morgan fingerprint density at radius 2 is 1.92 bits per heavy atom. The molecule has 9 heteroatoms. The van der Waals surface area contributed by atoms with Crippen molar-refractivity contribution in [1.82, 2.24) is 9.88 Å². The Bertz CT molecular complexity index is 1210. The van der Waals surface area contributed by atoms with Crippen LogP contribution in [0.5, 0.6) is 0 Å². The average molecular weight is 543 g/mol. The SMILES string of the molecule is CC1(C)[C@@H](C(=O)Nc2cc3cc(N4CCN([C@@]5(C)COC[C@H]5O)CC4)c(Cl)cc3cn2)[C@@H]1C1CCCCO1. The van der Waals surface area contributed by atoms with E-state index in [0.717, 1.165) is 62.1 Å². The van der Waals surface area contributed by atoms with Crippen LogP contribution in [0.1, 0.15) is 40.0 Å². The van der Waals surface area contributed by atoms with Crippen LogP contribution in [0.2, 0.25) is 5.02 Å². The van der Waals surface area contributed by atoms with Crippen LogP contribution in [0.4, 0.5) is 11.5 Å². The second kappa shape index (κ2) is 9.89. The molecule has 1 aromatic carbocycles. The number of halogens is 1. The number of amides is 1. The van der Waals surface area contributed by atoms with Crippen LogP contribution in [-0.2, 0) is 14.3 Å². The number of nitrogens with one attached hydrogen (secondary N) is 1. The van der Waals surface area contributed by atoms with Gasteiger partial charge in [0.1, 0.15) is 5.82 Å². The van der Waals surface area contributed by atoms with E-state index < -0.39 is 6.10 Å². The molecule has 1 unspecified atom stereocenters. The zero-order valence-corrected chi connectivity index (χ0v) is 23.3. The highest BCUT2D eigenvalue weighted by Gasteiger charge is 2.64. The minimum atomic E-state index is -0.467. The van der Waals surface area contributed by atoms with Gasteiger partial charge in [0.15, 0.2) is 0 Å². The normalized spacial score (nSPS) is 33.4. The molecule has 206 valence electrons. The van der Waals surface area contributed by atoms with Gasteiger partial charge < -0.3 is 24.8 Å². The number of fused-ring (bicyclic) bond motifs is 1. The fourth-order valence-corrected chi connectivity index (χ4v) is 7.29. The highest BCUT2D eigenvalue weighted by atomic mass is 35.5. The first kappa shape index (κ1) is 26.3. The third-order valence-corrected chi connectivity index (χ3v) is 9.88. The first-order chi connectivity index (χ1) is 18.2. The van der Waals surface area contributed by atoms with Gasteiger partial charge in [-0.2, -0.15) is 0 Å². The highest BCUT2D eigenvalue weighted by molar-refractivity contribution is 6.34. The summed E-state index contributed by atoms with van der Waals surface area (Å²) in [7, 11) is 0. The quantitative estimate of drug-likeness (QED) is 0.592. The van der Waals surface area contributed by atoms with Crippen molar-refractivity contribution in [3.63, 3.8) is 0 Å². The van der Waals surface area contributed by atoms with E-state index in [0.29, 0.717) is 24.1 Å². The molecule has 3 aliphatic heterocycles. The van der Waals surface area contributed by atoms with E-state index in [1.165, 1.54) is 6.42 Å². The molecule has 6 rings (SSSR count). The van der Waals surface area contributed by atoms with Crippen LogP contribution >= 0.6 is 11.6 Å². The number of carbonyl (C=O) groups excluding carboxylic acids is 1. The Morgan fingerprint density at radius 3 is 2.61 bits per heavy atom. The van der Waals surface area contributed by atoms with Gasteiger partial charge in [-0.25, -0.2) is 4.98 Å². The van der Waals surface area contributed by atoms with E-state index in [2.05, 4.69) is 46.9 Å². The van der Waals surface area contributed by atoms with Gasteiger partial charge in [0.05, 0.1) is 41.7 Å². The molecule has 5 atom stereocenters. The number of anilines is 2. The fraction of sp³-hybridized carbons (Fsp3) is 0.655. The topological polar surface area (TPSA) is 87.2 Å². The fourth-order valence-electron chi connectivity index (χ4n) is 7.00. The lowest BCUT2D eigenvalue weighted by Crippen LogP contribution is -2.60. The largest absolute Gasteiger partial charge is 0.389 e. The number of nitrogens with zero attached hydrogens (tertiary/aromatic N) is 3. The molecule has 0 radical (unpaired) electrons.